The number of nitrogens with zero attached hydrogens (tertiary/aromatic N) is 4. The average molecular weight is 289 g/mol. The molecule has 0 radical (unpaired) electrons. The van der Waals surface area contributed by atoms with Crippen LogP contribution in [0.5, 0.6) is 0 Å². The summed E-state index contributed by atoms with van der Waals surface area (Å²) in [5.41, 5.74) is -0.885. The number of hydrogen-bond acceptors (Lipinski definition) is 5. The first-order valence-corrected chi connectivity index (χ1v) is 5.61. The van der Waals surface area contributed by atoms with Gasteiger partial charge in [0.25, 0.3) is 11.6 Å². The van der Waals surface area contributed by atoms with Gasteiger partial charge in [-0.1, -0.05) is 0 Å². The van der Waals surface area contributed by atoms with Crippen LogP contribution in [0.4, 0.5) is 15.9 Å². The molecule has 2 rings (SSSR count). The maximum atomic E-state index is 13.2. The van der Waals surface area contributed by atoms with Gasteiger partial charge in [-0.2, -0.15) is 10.4 Å². The first-order valence-electron chi connectivity index (χ1n) is 5.61. The molecule has 8 nitrogen and oxygen atoms in total. The van der Waals surface area contributed by atoms with E-state index >= 15 is 0 Å². The highest BCUT2D eigenvalue weighted by atomic mass is 19.1. The first-order chi connectivity index (χ1) is 9.93. The zero-order chi connectivity index (χ0) is 15.6. The van der Waals surface area contributed by atoms with Crippen molar-refractivity contribution in [3.63, 3.8) is 0 Å². The third kappa shape index (κ3) is 2.69. The van der Waals surface area contributed by atoms with Crippen LogP contribution < -0.4 is 5.32 Å². The van der Waals surface area contributed by atoms with Crippen molar-refractivity contribution >= 4 is 17.4 Å². The number of amides is 1. The van der Waals surface area contributed by atoms with Crippen molar-refractivity contribution in [2.75, 3.05) is 5.32 Å². The Bertz CT molecular complexity index is 778. The van der Waals surface area contributed by atoms with Gasteiger partial charge in [0, 0.05) is 13.1 Å². The summed E-state index contributed by atoms with van der Waals surface area (Å²) in [4.78, 5) is 22.2. The van der Waals surface area contributed by atoms with E-state index < -0.39 is 27.9 Å². The van der Waals surface area contributed by atoms with Crippen LogP contribution in [0.2, 0.25) is 0 Å². The molecule has 1 aromatic heterocycles. The lowest BCUT2D eigenvalue weighted by Crippen LogP contribution is -2.17. The summed E-state index contributed by atoms with van der Waals surface area (Å²) < 4.78 is 14.4. The Labute approximate surface area is 117 Å². The van der Waals surface area contributed by atoms with Crippen molar-refractivity contribution in [1.82, 2.24) is 9.78 Å². The quantitative estimate of drug-likeness (QED) is 0.680. The fourth-order valence-electron chi connectivity index (χ4n) is 1.69. The number of nitro groups is 1. The smallest absolute Gasteiger partial charge is 0.282 e. The van der Waals surface area contributed by atoms with E-state index in [9.17, 15) is 19.3 Å². The number of aryl methyl sites for hydroxylation is 1. The number of benzene rings is 1. The molecule has 0 aliphatic rings. The number of nitrogens with one attached hydrogen (secondary N) is 1. The maximum Gasteiger partial charge on any atom is 0.282 e. The van der Waals surface area contributed by atoms with E-state index in [1.54, 1.807) is 0 Å². The fraction of sp³-hybridized carbons (Fsp3) is 0.0833. The molecule has 1 aromatic carbocycles. The normalized spacial score (nSPS) is 9.95. The van der Waals surface area contributed by atoms with Crippen molar-refractivity contribution in [1.29, 1.82) is 5.26 Å². The van der Waals surface area contributed by atoms with Crippen LogP contribution in [0.25, 0.3) is 0 Å². The number of halogens is 1. The molecule has 0 fully saturated rings. The van der Waals surface area contributed by atoms with Gasteiger partial charge in [0.1, 0.15) is 28.8 Å². The second-order valence-electron chi connectivity index (χ2n) is 4.01. The topological polar surface area (TPSA) is 114 Å². The summed E-state index contributed by atoms with van der Waals surface area (Å²) in [5, 5.41) is 25.8. The predicted molar refractivity (Wildman–Crippen MR) is 68.9 cm³/mol. The highest BCUT2D eigenvalue weighted by Gasteiger charge is 2.22. The van der Waals surface area contributed by atoms with E-state index in [0.29, 0.717) is 0 Å². The number of nitro benzene ring substituents is 1. The lowest BCUT2D eigenvalue weighted by molar-refractivity contribution is -0.385. The number of rotatable bonds is 3. The lowest BCUT2D eigenvalue weighted by atomic mass is 10.1. The second-order valence-corrected chi connectivity index (χ2v) is 4.01. The Kier molecular flexibility index (Phi) is 3.62. The second kappa shape index (κ2) is 5.38. The lowest BCUT2D eigenvalue weighted by Gasteiger charge is -2.06. The zero-order valence-corrected chi connectivity index (χ0v) is 10.7. The van der Waals surface area contributed by atoms with E-state index in [-0.39, 0.29) is 11.4 Å². The summed E-state index contributed by atoms with van der Waals surface area (Å²) in [6.07, 6.45) is 1.23. The third-order valence-electron chi connectivity index (χ3n) is 2.69. The molecule has 0 spiro atoms. The molecule has 0 bridgehead atoms. The summed E-state index contributed by atoms with van der Waals surface area (Å²) in [6, 6.07) is 4.37. The standard InChI is InChI=1S/C12H8FN5O3/c1-17-11(7(5-14)6-15-17)16-12(19)9-4-8(13)2-3-10(9)18(20)21/h2-4,6H,1H3,(H,16,19). The molecule has 1 N–H and O–H groups in total. The van der Waals surface area contributed by atoms with Crippen molar-refractivity contribution in [3.8, 4) is 6.07 Å². The van der Waals surface area contributed by atoms with Gasteiger partial charge in [0.2, 0.25) is 0 Å². The summed E-state index contributed by atoms with van der Waals surface area (Å²) >= 11 is 0. The van der Waals surface area contributed by atoms with Gasteiger partial charge in [-0.05, 0) is 12.1 Å². The van der Waals surface area contributed by atoms with Gasteiger partial charge in [0.05, 0.1) is 11.1 Å². The molecule has 106 valence electrons. The van der Waals surface area contributed by atoms with E-state index in [0.717, 1.165) is 18.2 Å². The molecule has 21 heavy (non-hydrogen) atoms. The SMILES string of the molecule is Cn1ncc(C#N)c1NC(=O)c1cc(F)ccc1[N+](=O)[O-]. The molecule has 0 saturated carbocycles. The van der Waals surface area contributed by atoms with E-state index in [4.69, 9.17) is 5.26 Å². The van der Waals surface area contributed by atoms with Crippen LogP contribution in [0.3, 0.4) is 0 Å². The number of anilines is 1. The molecule has 0 saturated heterocycles. The Morgan fingerprint density at radius 3 is 2.90 bits per heavy atom. The number of nitriles is 1. The monoisotopic (exact) mass is 289 g/mol. The first kappa shape index (κ1) is 14.1. The minimum Gasteiger partial charge on any atom is -0.305 e. The van der Waals surface area contributed by atoms with E-state index in [1.165, 1.54) is 17.9 Å². The van der Waals surface area contributed by atoms with Crippen molar-refractivity contribution in [2.45, 2.75) is 0 Å². The molecule has 1 heterocycles. The molecular weight excluding hydrogens is 281 g/mol. The van der Waals surface area contributed by atoms with E-state index in [2.05, 4.69) is 10.4 Å². The van der Waals surface area contributed by atoms with Crippen LogP contribution in [-0.2, 0) is 7.05 Å². The molecule has 1 amide bonds. The summed E-state index contributed by atoms with van der Waals surface area (Å²) in [5.74, 6) is -1.61. The zero-order valence-electron chi connectivity index (χ0n) is 10.7. The van der Waals surface area contributed by atoms with Crippen LogP contribution in [-0.4, -0.2) is 20.6 Å². The van der Waals surface area contributed by atoms with Gasteiger partial charge in [-0.15, -0.1) is 0 Å². The minimum atomic E-state index is -0.902. The molecule has 0 atom stereocenters. The van der Waals surface area contributed by atoms with Crippen LogP contribution in [0, 0.1) is 27.3 Å². The minimum absolute atomic E-state index is 0.0704. The molecule has 0 aliphatic heterocycles. The molecule has 2 aromatic rings. The van der Waals surface area contributed by atoms with E-state index in [1.807, 2.05) is 6.07 Å². The van der Waals surface area contributed by atoms with Crippen molar-refractivity contribution in [3.05, 3.63) is 51.5 Å². The van der Waals surface area contributed by atoms with Gasteiger partial charge >= 0.3 is 0 Å². The molecule has 0 unspecified atom stereocenters. The Hall–Kier alpha value is -3.28. The Morgan fingerprint density at radius 1 is 1.57 bits per heavy atom. The Balaban J connectivity index is 2.42. The number of hydrogen-bond donors (Lipinski definition) is 1. The maximum absolute atomic E-state index is 13.2. The van der Waals surface area contributed by atoms with Crippen LogP contribution >= 0.6 is 0 Å². The molecular formula is C12H8FN5O3. The van der Waals surface area contributed by atoms with Crippen LogP contribution in [0.1, 0.15) is 15.9 Å². The highest BCUT2D eigenvalue weighted by molar-refractivity contribution is 6.07. The van der Waals surface area contributed by atoms with Gasteiger partial charge in [-0.3, -0.25) is 19.6 Å². The summed E-state index contributed by atoms with van der Waals surface area (Å²) in [6.45, 7) is 0. The van der Waals surface area contributed by atoms with Gasteiger partial charge in [-0.25, -0.2) is 4.39 Å². The third-order valence-corrected chi connectivity index (χ3v) is 2.69. The average Bonchev–Trinajstić information content (AvgIpc) is 2.79. The fourth-order valence-corrected chi connectivity index (χ4v) is 1.69. The number of carbonyl (C=O) groups is 1. The molecule has 9 heteroatoms. The van der Waals surface area contributed by atoms with Crippen molar-refractivity contribution < 1.29 is 14.1 Å². The van der Waals surface area contributed by atoms with Gasteiger partial charge < -0.3 is 5.32 Å². The Morgan fingerprint density at radius 2 is 2.29 bits per heavy atom. The van der Waals surface area contributed by atoms with Crippen molar-refractivity contribution in [2.24, 2.45) is 7.05 Å². The summed E-state index contributed by atoms with van der Waals surface area (Å²) in [7, 11) is 1.48. The highest BCUT2D eigenvalue weighted by Crippen LogP contribution is 2.22. The predicted octanol–water partition coefficient (Wildman–Crippen LogP) is 1.59. The number of aromatic nitrogens is 2. The largest absolute Gasteiger partial charge is 0.305 e. The van der Waals surface area contributed by atoms with Gasteiger partial charge in [0.15, 0.2) is 0 Å². The molecule has 0 aliphatic carbocycles. The number of carbonyl (C=O) groups excluding carboxylic acids is 1. The van der Waals surface area contributed by atoms with Crippen LogP contribution in [0.15, 0.2) is 24.4 Å².